The molecule has 1 atom stereocenters. The number of carbonyl (C=O) groups is 1. The van der Waals surface area contributed by atoms with Crippen LogP contribution in [0.15, 0.2) is 18.2 Å². The molecule has 1 aliphatic rings. The van der Waals surface area contributed by atoms with Gasteiger partial charge >= 0.3 is 0 Å². The molecule has 0 heterocycles. The van der Waals surface area contributed by atoms with Crippen molar-refractivity contribution in [3.8, 4) is 5.75 Å². The largest absolute Gasteiger partial charge is 0.479 e. The third-order valence-corrected chi connectivity index (χ3v) is 4.30. The van der Waals surface area contributed by atoms with Gasteiger partial charge in [-0.2, -0.15) is 0 Å². The van der Waals surface area contributed by atoms with E-state index in [1.54, 1.807) is 6.92 Å². The van der Waals surface area contributed by atoms with Crippen LogP contribution in [-0.4, -0.2) is 23.0 Å². The van der Waals surface area contributed by atoms with Crippen molar-refractivity contribution in [3.63, 3.8) is 0 Å². The van der Waals surface area contributed by atoms with Crippen molar-refractivity contribution in [3.05, 3.63) is 33.3 Å². The minimum absolute atomic E-state index is 0.113. The molecule has 6 nitrogen and oxygen atoms in total. The van der Waals surface area contributed by atoms with Gasteiger partial charge < -0.3 is 10.1 Å². The van der Waals surface area contributed by atoms with Crippen molar-refractivity contribution >= 4 is 23.2 Å². The Bertz CT molecular complexity index is 571. The molecule has 1 saturated carbocycles. The van der Waals surface area contributed by atoms with E-state index in [1.165, 1.54) is 31.0 Å². The third-order valence-electron chi connectivity index (χ3n) is 4.00. The Morgan fingerprint density at radius 3 is 2.57 bits per heavy atom. The first-order chi connectivity index (χ1) is 11.0. The molecule has 1 fully saturated rings. The minimum Gasteiger partial charge on any atom is -0.479 e. The van der Waals surface area contributed by atoms with Crippen molar-refractivity contribution in [1.29, 1.82) is 0 Å². The zero-order valence-corrected chi connectivity index (χ0v) is 13.8. The second-order valence-corrected chi connectivity index (χ2v) is 6.24. The summed E-state index contributed by atoms with van der Waals surface area (Å²) in [5, 5.41) is 13.8. The van der Waals surface area contributed by atoms with Crippen LogP contribution in [0, 0.1) is 10.1 Å². The number of nitro groups is 1. The Morgan fingerprint density at radius 2 is 2.00 bits per heavy atom. The van der Waals surface area contributed by atoms with Gasteiger partial charge in [-0.25, -0.2) is 0 Å². The maximum Gasteiger partial charge on any atom is 0.271 e. The van der Waals surface area contributed by atoms with Gasteiger partial charge in [-0.15, -0.1) is 0 Å². The van der Waals surface area contributed by atoms with E-state index < -0.39 is 11.0 Å². The van der Waals surface area contributed by atoms with Crippen molar-refractivity contribution in [2.75, 3.05) is 0 Å². The molecular weight excluding hydrogens is 320 g/mol. The number of nitro benzene ring substituents is 1. The Balaban J connectivity index is 1.93. The summed E-state index contributed by atoms with van der Waals surface area (Å²) >= 11 is 5.97. The number of ether oxygens (including phenoxy) is 1. The first-order valence-corrected chi connectivity index (χ1v) is 8.26. The van der Waals surface area contributed by atoms with E-state index >= 15 is 0 Å². The van der Waals surface area contributed by atoms with Crippen molar-refractivity contribution in [2.24, 2.45) is 0 Å². The molecule has 126 valence electrons. The summed E-state index contributed by atoms with van der Waals surface area (Å²) < 4.78 is 5.55. The molecule has 1 N–H and O–H groups in total. The summed E-state index contributed by atoms with van der Waals surface area (Å²) in [7, 11) is 0. The highest BCUT2D eigenvalue weighted by Gasteiger charge is 2.21. The van der Waals surface area contributed by atoms with Crippen LogP contribution in [-0.2, 0) is 4.79 Å². The van der Waals surface area contributed by atoms with Gasteiger partial charge in [-0.05, 0) is 25.8 Å². The first kappa shape index (κ1) is 17.5. The van der Waals surface area contributed by atoms with Crippen LogP contribution in [0.5, 0.6) is 5.75 Å². The summed E-state index contributed by atoms with van der Waals surface area (Å²) in [4.78, 5) is 22.4. The summed E-state index contributed by atoms with van der Waals surface area (Å²) in [5.41, 5.74) is -0.113. The SMILES string of the molecule is CC(Oc1ccc([N+](=O)[O-])cc1Cl)C(=O)NC1CCCCCC1. The number of non-ortho nitro benzene ring substituents is 1. The number of hydrogen-bond acceptors (Lipinski definition) is 4. The summed E-state index contributed by atoms with van der Waals surface area (Å²) in [6.45, 7) is 1.64. The van der Waals surface area contributed by atoms with Crippen molar-refractivity contribution in [2.45, 2.75) is 57.6 Å². The first-order valence-electron chi connectivity index (χ1n) is 7.88. The highest BCUT2D eigenvalue weighted by atomic mass is 35.5. The lowest BCUT2D eigenvalue weighted by molar-refractivity contribution is -0.384. The molecule has 0 aromatic heterocycles. The van der Waals surface area contributed by atoms with Crippen LogP contribution in [0.3, 0.4) is 0 Å². The summed E-state index contributed by atoms with van der Waals surface area (Å²) in [5.74, 6) is 0.0760. The standard InChI is InChI=1S/C16H21ClN2O4/c1-11(16(20)18-12-6-4-2-3-5-7-12)23-15-9-8-13(19(21)22)10-14(15)17/h8-12H,2-7H2,1H3,(H,18,20). The second kappa shape index (κ2) is 8.15. The monoisotopic (exact) mass is 340 g/mol. The summed E-state index contributed by atoms with van der Waals surface area (Å²) in [6, 6.07) is 4.13. The topological polar surface area (TPSA) is 81.5 Å². The van der Waals surface area contributed by atoms with Gasteiger partial charge in [0.2, 0.25) is 0 Å². The molecule has 1 aromatic carbocycles. The number of nitrogens with zero attached hydrogens (tertiary/aromatic N) is 1. The maximum absolute atomic E-state index is 12.2. The van der Waals surface area contributed by atoms with Crippen LogP contribution < -0.4 is 10.1 Å². The predicted molar refractivity (Wildman–Crippen MR) is 87.8 cm³/mol. The highest BCUT2D eigenvalue weighted by Crippen LogP contribution is 2.29. The molecule has 0 radical (unpaired) electrons. The molecule has 1 unspecified atom stereocenters. The fourth-order valence-electron chi connectivity index (χ4n) is 2.69. The van der Waals surface area contributed by atoms with Crippen LogP contribution in [0.25, 0.3) is 0 Å². The zero-order chi connectivity index (χ0) is 16.8. The Morgan fingerprint density at radius 1 is 1.35 bits per heavy atom. The average molecular weight is 341 g/mol. The van der Waals surface area contributed by atoms with Gasteiger partial charge in [0.15, 0.2) is 6.10 Å². The van der Waals surface area contributed by atoms with Crippen molar-refractivity contribution < 1.29 is 14.5 Å². The Labute approximate surface area is 140 Å². The van der Waals surface area contributed by atoms with Crippen LogP contribution in [0.1, 0.15) is 45.4 Å². The second-order valence-electron chi connectivity index (χ2n) is 5.83. The molecule has 23 heavy (non-hydrogen) atoms. The molecule has 0 aliphatic heterocycles. The number of hydrogen-bond donors (Lipinski definition) is 1. The lowest BCUT2D eigenvalue weighted by Gasteiger charge is -2.20. The van der Waals surface area contributed by atoms with Crippen molar-refractivity contribution in [1.82, 2.24) is 5.32 Å². The fourth-order valence-corrected chi connectivity index (χ4v) is 2.90. The number of carbonyl (C=O) groups excluding carboxylic acids is 1. The fraction of sp³-hybridized carbons (Fsp3) is 0.562. The quantitative estimate of drug-likeness (QED) is 0.501. The van der Waals surface area contributed by atoms with E-state index in [2.05, 4.69) is 5.32 Å². The lowest BCUT2D eigenvalue weighted by atomic mass is 10.1. The molecule has 1 amide bonds. The van der Waals surface area contributed by atoms with E-state index in [1.807, 2.05) is 0 Å². The molecule has 0 bridgehead atoms. The van der Waals surface area contributed by atoms with E-state index in [-0.39, 0.29) is 28.4 Å². The van der Waals surface area contributed by atoms with Gasteiger partial charge in [0.25, 0.3) is 11.6 Å². The number of halogens is 1. The Kier molecular flexibility index (Phi) is 6.21. The highest BCUT2D eigenvalue weighted by molar-refractivity contribution is 6.32. The molecule has 2 rings (SSSR count). The van der Waals surface area contributed by atoms with E-state index in [9.17, 15) is 14.9 Å². The Hall–Kier alpha value is -1.82. The van der Waals surface area contributed by atoms with Gasteiger partial charge in [-0.3, -0.25) is 14.9 Å². The maximum atomic E-state index is 12.2. The zero-order valence-electron chi connectivity index (χ0n) is 13.1. The van der Waals surface area contributed by atoms with Gasteiger partial charge in [-0.1, -0.05) is 37.3 Å². The molecule has 0 spiro atoms. The van der Waals surface area contributed by atoms with E-state index in [4.69, 9.17) is 16.3 Å². The molecule has 0 saturated heterocycles. The van der Waals surface area contributed by atoms with E-state index in [0.717, 1.165) is 25.7 Å². The van der Waals surface area contributed by atoms with E-state index in [0.29, 0.717) is 0 Å². The smallest absolute Gasteiger partial charge is 0.271 e. The number of nitrogens with one attached hydrogen (secondary N) is 1. The summed E-state index contributed by atoms with van der Waals surface area (Å²) in [6.07, 6.45) is 5.99. The van der Waals surface area contributed by atoms with Gasteiger partial charge in [0.05, 0.1) is 9.95 Å². The van der Waals surface area contributed by atoms with Crippen LogP contribution in [0.4, 0.5) is 5.69 Å². The molecular formula is C16H21ClN2O4. The van der Waals surface area contributed by atoms with Crippen LogP contribution >= 0.6 is 11.6 Å². The lowest BCUT2D eigenvalue weighted by Crippen LogP contribution is -2.42. The normalized spacial score (nSPS) is 17.1. The number of amides is 1. The number of benzene rings is 1. The predicted octanol–water partition coefficient (Wildman–Crippen LogP) is 3.85. The number of rotatable bonds is 5. The molecule has 1 aromatic rings. The minimum atomic E-state index is -0.711. The third kappa shape index (κ3) is 5.10. The van der Waals surface area contributed by atoms with Crippen LogP contribution in [0.2, 0.25) is 5.02 Å². The van der Waals surface area contributed by atoms with Gasteiger partial charge in [0, 0.05) is 18.2 Å². The molecule has 7 heteroatoms. The average Bonchev–Trinajstić information content (AvgIpc) is 2.77. The molecule has 1 aliphatic carbocycles. The van der Waals surface area contributed by atoms with Gasteiger partial charge in [0.1, 0.15) is 5.75 Å².